The molecule has 1 heterocycles. The van der Waals surface area contributed by atoms with Crippen LogP contribution in [0.4, 0.5) is 0 Å². The van der Waals surface area contributed by atoms with Crippen molar-refractivity contribution in [3.05, 3.63) is 0 Å². The highest BCUT2D eigenvalue weighted by Crippen LogP contribution is 2.48. The van der Waals surface area contributed by atoms with Gasteiger partial charge in [0.2, 0.25) is 0 Å². The maximum atomic E-state index is 10.9. The maximum absolute atomic E-state index is 10.9. The predicted octanol–water partition coefficient (Wildman–Crippen LogP) is 0.654. The normalized spacial score (nSPS) is 34.3. The Hall–Kier alpha value is -0.130. The van der Waals surface area contributed by atoms with Crippen molar-refractivity contribution in [3.63, 3.8) is 0 Å². The Bertz CT molecular complexity index is 359. The highest BCUT2D eigenvalue weighted by molar-refractivity contribution is 7.85. The van der Waals surface area contributed by atoms with Crippen LogP contribution < -0.4 is 0 Å². The number of rotatable bonds is 2. The molecule has 1 atom stereocenters. The summed E-state index contributed by atoms with van der Waals surface area (Å²) in [6.45, 7) is 7.65. The van der Waals surface area contributed by atoms with Crippen molar-refractivity contribution in [1.29, 1.82) is 0 Å². The molecule has 1 unspecified atom stereocenters. The van der Waals surface area contributed by atoms with Gasteiger partial charge in [0.25, 0.3) is 0 Å². The molecule has 0 aromatic heterocycles. The van der Waals surface area contributed by atoms with E-state index in [9.17, 15) is 13.0 Å². The highest BCUT2D eigenvalue weighted by atomic mass is 32.2. The van der Waals surface area contributed by atoms with E-state index < -0.39 is 15.5 Å². The summed E-state index contributed by atoms with van der Waals surface area (Å²) in [6, 6.07) is 0. The second-order valence-electron chi connectivity index (χ2n) is 6.40. The van der Waals surface area contributed by atoms with Crippen LogP contribution in [0.25, 0.3) is 0 Å². The minimum atomic E-state index is -4.15. The first-order chi connectivity index (χ1) is 6.37. The van der Waals surface area contributed by atoms with Crippen LogP contribution in [0.2, 0.25) is 0 Å². The van der Waals surface area contributed by atoms with Gasteiger partial charge in [-0.2, -0.15) is 0 Å². The van der Waals surface area contributed by atoms with Gasteiger partial charge in [0.1, 0.15) is 0 Å². The van der Waals surface area contributed by atoms with Gasteiger partial charge in [-0.3, -0.25) is 0 Å². The molecule has 0 N–H and O–H groups in total. The minimum absolute atomic E-state index is 0.117. The van der Waals surface area contributed by atoms with Crippen molar-refractivity contribution in [1.82, 2.24) is 0 Å². The Morgan fingerprint density at radius 2 is 1.67 bits per heavy atom. The predicted molar refractivity (Wildman–Crippen MR) is 58.3 cm³/mol. The largest absolute Gasteiger partial charge is 0.748 e. The molecular weight excluding hydrogens is 214 g/mol. The molecule has 1 aliphatic rings. The van der Waals surface area contributed by atoms with Crippen LogP contribution >= 0.6 is 0 Å². The summed E-state index contributed by atoms with van der Waals surface area (Å²) >= 11 is 0. The zero-order chi connectivity index (χ0) is 12.1. The van der Waals surface area contributed by atoms with E-state index in [-0.39, 0.29) is 11.2 Å². The summed E-state index contributed by atoms with van der Waals surface area (Å²) in [5.74, 6) is -0.255. The van der Waals surface area contributed by atoms with Gasteiger partial charge in [0.05, 0.1) is 37.3 Å². The fourth-order valence-electron chi connectivity index (χ4n) is 3.11. The molecule has 0 aromatic carbocycles. The first-order valence-corrected chi connectivity index (χ1v) is 6.70. The number of nitrogens with zero attached hydrogens (tertiary/aromatic N) is 1. The van der Waals surface area contributed by atoms with E-state index in [0.29, 0.717) is 0 Å². The van der Waals surface area contributed by atoms with Crippen LogP contribution in [0, 0.1) is 10.8 Å². The molecule has 0 saturated carbocycles. The highest BCUT2D eigenvalue weighted by Gasteiger charge is 2.55. The molecule has 0 bridgehead atoms. The Morgan fingerprint density at radius 1 is 1.20 bits per heavy atom. The van der Waals surface area contributed by atoms with E-state index in [1.54, 1.807) is 0 Å². The van der Waals surface area contributed by atoms with Gasteiger partial charge < -0.3 is 9.04 Å². The van der Waals surface area contributed by atoms with Crippen LogP contribution in [-0.2, 0) is 10.1 Å². The molecule has 0 amide bonds. The van der Waals surface area contributed by atoms with E-state index in [2.05, 4.69) is 14.1 Å². The lowest BCUT2D eigenvalue weighted by Gasteiger charge is -2.34. The fourth-order valence-corrected chi connectivity index (χ4v) is 4.37. The molecule has 5 heteroatoms. The lowest BCUT2D eigenvalue weighted by Crippen LogP contribution is -2.41. The van der Waals surface area contributed by atoms with Gasteiger partial charge in [-0.1, -0.05) is 20.8 Å². The van der Waals surface area contributed by atoms with Gasteiger partial charge in [-0.05, 0) is 0 Å². The van der Waals surface area contributed by atoms with Crippen LogP contribution in [0.1, 0.15) is 20.8 Å². The zero-order valence-corrected chi connectivity index (χ0v) is 11.0. The molecule has 15 heavy (non-hydrogen) atoms. The summed E-state index contributed by atoms with van der Waals surface area (Å²) in [5, 5.41) is 0. The summed E-state index contributed by atoms with van der Waals surface area (Å²) in [5.41, 5.74) is -0.537. The van der Waals surface area contributed by atoms with Crippen molar-refractivity contribution < 1.29 is 17.5 Å². The molecule has 0 aromatic rings. The smallest absolute Gasteiger partial charge is 0.0953 e. The third-order valence-corrected chi connectivity index (χ3v) is 4.72. The van der Waals surface area contributed by atoms with Gasteiger partial charge in [-0.15, -0.1) is 0 Å². The fraction of sp³-hybridized carbons (Fsp3) is 1.00. The molecule has 1 rings (SSSR count). The average Bonchev–Trinajstić information content (AvgIpc) is 1.88. The van der Waals surface area contributed by atoms with Crippen LogP contribution in [0.5, 0.6) is 0 Å². The molecule has 0 radical (unpaired) electrons. The molecule has 1 saturated heterocycles. The summed E-state index contributed by atoms with van der Waals surface area (Å²) in [7, 11) is 0.000440. The van der Waals surface area contributed by atoms with Gasteiger partial charge in [0.15, 0.2) is 0 Å². The van der Waals surface area contributed by atoms with Gasteiger partial charge >= 0.3 is 0 Å². The van der Waals surface area contributed by atoms with E-state index in [1.807, 2.05) is 20.8 Å². The maximum Gasteiger partial charge on any atom is 0.0953 e. The summed E-state index contributed by atoms with van der Waals surface area (Å²) in [6.07, 6.45) is 0. The molecule has 1 fully saturated rings. The van der Waals surface area contributed by atoms with Gasteiger partial charge in [-0.25, -0.2) is 8.42 Å². The quantitative estimate of drug-likeness (QED) is 0.522. The molecule has 0 spiro atoms. The Morgan fingerprint density at radius 3 is 1.93 bits per heavy atom. The third kappa shape index (κ3) is 2.71. The number of hydrogen-bond donors (Lipinski definition) is 0. The first kappa shape index (κ1) is 12.9. The second-order valence-corrected chi connectivity index (χ2v) is 7.80. The average molecular weight is 235 g/mol. The van der Waals surface area contributed by atoms with E-state index in [0.717, 1.165) is 17.6 Å². The molecule has 1 aliphatic heterocycles. The number of quaternary nitrogens is 1. The lowest BCUT2D eigenvalue weighted by molar-refractivity contribution is -0.883. The second kappa shape index (κ2) is 3.18. The van der Waals surface area contributed by atoms with E-state index in [4.69, 9.17) is 0 Å². The van der Waals surface area contributed by atoms with Crippen LogP contribution in [0.15, 0.2) is 0 Å². The van der Waals surface area contributed by atoms with E-state index >= 15 is 0 Å². The zero-order valence-electron chi connectivity index (χ0n) is 10.2. The molecule has 0 aliphatic carbocycles. The Kier molecular flexibility index (Phi) is 2.74. The topological polar surface area (TPSA) is 57.2 Å². The molecular formula is C10H21NO3S. The standard InChI is InChI=1S/C10H21NO3S/c1-9(2)6-11(4,5)7-10(9,3)8-15(12,13)14/h6-8H2,1-5H3. The van der Waals surface area contributed by atoms with Gasteiger partial charge in [0, 0.05) is 16.6 Å². The number of likely N-dealkylation sites (tertiary alicyclic amines) is 1. The third-order valence-electron chi connectivity index (χ3n) is 3.73. The molecule has 90 valence electrons. The van der Waals surface area contributed by atoms with Crippen LogP contribution in [-0.4, -0.2) is 50.4 Å². The van der Waals surface area contributed by atoms with Crippen molar-refractivity contribution in [2.75, 3.05) is 32.9 Å². The van der Waals surface area contributed by atoms with E-state index in [1.165, 1.54) is 0 Å². The summed E-state index contributed by atoms with van der Waals surface area (Å²) < 4.78 is 33.6. The van der Waals surface area contributed by atoms with Crippen molar-refractivity contribution in [3.8, 4) is 0 Å². The van der Waals surface area contributed by atoms with Crippen molar-refractivity contribution in [2.45, 2.75) is 20.8 Å². The first-order valence-electron chi connectivity index (χ1n) is 5.13. The minimum Gasteiger partial charge on any atom is -0.748 e. The van der Waals surface area contributed by atoms with Crippen molar-refractivity contribution in [2.24, 2.45) is 10.8 Å². The monoisotopic (exact) mass is 235 g/mol. The molecule has 4 nitrogen and oxygen atoms in total. The van der Waals surface area contributed by atoms with Crippen LogP contribution in [0.3, 0.4) is 0 Å². The van der Waals surface area contributed by atoms with Crippen molar-refractivity contribution >= 4 is 10.1 Å². The number of hydrogen-bond acceptors (Lipinski definition) is 3. The summed E-state index contributed by atoms with van der Waals surface area (Å²) in [4.78, 5) is 0. The lowest BCUT2D eigenvalue weighted by atomic mass is 9.71. The SMILES string of the molecule is CC1(C)C[N+](C)(C)CC1(C)CS(=O)(=O)[O-]. The Labute approximate surface area is 92.6 Å². The Balaban J connectivity index is 3.04.